The SMILES string of the molecule is CCCCCCCCCCCCCCCCCC(=O)OCC.[Cu]. The van der Waals surface area contributed by atoms with E-state index in [1.165, 1.54) is 89.9 Å². The molecule has 0 aromatic heterocycles. The molecule has 0 amide bonds. The van der Waals surface area contributed by atoms with Gasteiger partial charge in [-0.15, -0.1) is 0 Å². The van der Waals surface area contributed by atoms with Gasteiger partial charge in [-0.1, -0.05) is 96.8 Å². The molecule has 0 atom stereocenters. The van der Waals surface area contributed by atoms with Crippen LogP contribution in [-0.2, 0) is 26.6 Å². The molecular weight excluding hydrogens is 336 g/mol. The van der Waals surface area contributed by atoms with Crippen LogP contribution in [0.1, 0.15) is 117 Å². The van der Waals surface area contributed by atoms with Crippen LogP contribution in [-0.4, -0.2) is 12.6 Å². The van der Waals surface area contributed by atoms with Crippen LogP contribution < -0.4 is 0 Å². The van der Waals surface area contributed by atoms with Crippen molar-refractivity contribution in [1.29, 1.82) is 0 Å². The van der Waals surface area contributed by atoms with Crippen LogP contribution >= 0.6 is 0 Å². The zero-order valence-electron chi connectivity index (χ0n) is 15.6. The molecule has 0 N–H and O–H groups in total. The molecular formula is C20H40CuO2. The van der Waals surface area contributed by atoms with Gasteiger partial charge in [0.25, 0.3) is 0 Å². The summed E-state index contributed by atoms with van der Waals surface area (Å²) in [7, 11) is 0. The minimum atomic E-state index is -0.0304. The fourth-order valence-corrected chi connectivity index (χ4v) is 2.87. The normalized spacial score (nSPS) is 10.3. The van der Waals surface area contributed by atoms with Gasteiger partial charge in [0.1, 0.15) is 0 Å². The van der Waals surface area contributed by atoms with Gasteiger partial charge >= 0.3 is 5.97 Å². The summed E-state index contributed by atoms with van der Waals surface area (Å²) >= 11 is 0. The molecule has 0 aromatic rings. The third-order valence-corrected chi connectivity index (χ3v) is 4.29. The van der Waals surface area contributed by atoms with E-state index in [1.54, 1.807) is 0 Å². The molecule has 23 heavy (non-hydrogen) atoms. The van der Waals surface area contributed by atoms with Crippen molar-refractivity contribution in [3.05, 3.63) is 0 Å². The molecule has 0 saturated carbocycles. The molecule has 0 rings (SSSR count). The van der Waals surface area contributed by atoms with Crippen LogP contribution in [0.15, 0.2) is 0 Å². The summed E-state index contributed by atoms with van der Waals surface area (Å²) in [6.07, 6.45) is 21.0. The predicted molar refractivity (Wildman–Crippen MR) is 96.2 cm³/mol. The third-order valence-electron chi connectivity index (χ3n) is 4.29. The molecule has 3 heteroatoms. The van der Waals surface area contributed by atoms with Crippen molar-refractivity contribution in [2.45, 2.75) is 117 Å². The van der Waals surface area contributed by atoms with Crippen LogP contribution in [0.4, 0.5) is 0 Å². The Kier molecular flexibility index (Phi) is 24.1. The van der Waals surface area contributed by atoms with Crippen LogP contribution in [0.3, 0.4) is 0 Å². The van der Waals surface area contributed by atoms with E-state index in [2.05, 4.69) is 6.92 Å². The second kappa shape index (κ2) is 22.0. The van der Waals surface area contributed by atoms with E-state index in [-0.39, 0.29) is 23.0 Å². The number of carbonyl (C=O) groups is 1. The van der Waals surface area contributed by atoms with Gasteiger partial charge < -0.3 is 4.74 Å². The summed E-state index contributed by atoms with van der Waals surface area (Å²) in [5.41, 5.74) is 0. The smallest absolute Gasteiger partial charge is 0.305 e. The van der Waals surface area contributed by atoms with E-state index in [4.69, 9.17) is 4.74 Å². The average Bonchev–Trinajstić information content (AvgIpc) is 2.51. The van der Waals surface area contributed by atoms with E-state index in [9.17, 15) is 4.79 Å². The van der Waals surface area contributed by atoms with Crippen molar-refractivity contribution in [2.24, 2.45) is 0 Å². The van der Waals surface area contributed by atoms with Crippen molar-refractivity contribution >= 4 is 5.97 Å². The summed E-state index contributed by atoms with van der Waals surface area (Å²) in [5.74, 6) is -0.0304. The molecule has 0 spiro atoms. The van der Waals surface area contributed by atoms with Gasteiger partial charge in [-0.05, 0) is 13.3 Å². The monoisotopic (exact) mass is 375 g/mol. The largest absolute Gasteiger partial charge is 0.466 e. The van der Waals surface area contributed by atoms with Crippen molar-refractivity contribution in [3.8, 4) is 0 Å². The van der Waals surface area contributed by atoms with Gasteiger partial charge in [-0.25, -0.2) is 0 Å². The Bertz CT molecular complexity index is 232. The topological polar surface area (TPSA) is 26.3 Å². The van der Waals surface area contributed by atoms with Gasteiger partial charge in [0.05, 0.1) is 6.61 Å². The van der Waals surface area contributed by atoms with Gasteiger partial charge in [-0.3, -0.25) is 4.79 Å². The van der Waals surface area contributed by atoms with Gasteiger partial charge in [0.2, 0.25) is 0 Å². The van der Waals surface area contributed by atoms with E-state index in [0.29, 0.717) is 13.0 Å². The number of rotatable bonds is 17. The summed E-state index contributed by atoms with van der Waals surface area (Å²) < 4.78 is 4.92. The second-order valence-electron chi connectivity index (χ2n) is 6.50. The number of ether oxygens (including phenoxy) is 1. The molecule has 0 aliphatic rings. The number of unbranched alkanes of at least 4 members (excludes halogenated alkanes) is 14. The van der Waals surface area contributed by atoms with Gasteiger partial charge in [0.15, 0.2) is 0 Å². The predicted octanol–water partition coefficient (Wildman–Crippen LogP) is 6.81. The van der Waals surface area contributed by atoms with E-state index < -0.39 is 0 Å². The summed E-state index contributed by atoms with van der Waals surface area (Å²) in [5, 5.41) is 0. The Morgan fingerprint density at radius 3 is 1.30 bits per heavy atom. The number of hydrogen-bond acceptors (Lipinski definition) is 2. The Labute approximate surface area is 156 Å². The number of esters is 1. The summed E-state index contributed by atoms with van der Waals surface area (Å²) in [6, 6.07) is 0. The van der Waals surface area contributed by atoms with Crippen molar-refractivity contribution in [2.75, 3.05) is 6.61 Å². The Morgan fingerprint density at radius 1 is 0.609 bits per heavy atom. The molecule has 2 nitrogen and oxygen atoms in total. The zero-order chi connectivity index (χ0) is 16.3. The van der Waals surface area contributed by atoms with Crippen LogP contribution in [0.2, 0.25) is 0 Å². The number of carbonyl (C=O) groups excluding carboxylic acids is 1. The Morgan fingerprint density at radius 2 is 0.957 bits per heavy atom. The molecule has 0 heterocycles. The van der Waals surface area contributed by atoms with Crippen LogP contribution in [0.5, 0.6) is 0 Å². The maximum absolute atomic E-state index is 11.2. The average molecular weight is 376 g/mol. The van der Waals surface area contributed by atoms with Crippen molar-refractivity contribution in [3.63, 3.8) is 0 Å². The van der Waals surface area contributed by atoms with Crippen LogP contribution in [0, 0.1) is 0 Å². The second-order valence-corrected chi connectivity index (χ2v) is 6.50. The van der Waals surface area contributed by atoms with Gasteiger partial charge in [0, 0.05) is 23.5 Å². The fourth-order valence-electron chi connectivity index (χ4n) is 2.87. The first-order valence-corrected chi connectivity index (χ1v) is 9.96. The quantitative estimate of drug-likeness (QED) is 0.158. The first-order chi connectivity index (χ1) is 10.8. The standard InChI is InChI=1S/C20H40O2.Cu/c1-3-5-6-7-8-9-10-11-12-13-14-15-16-17-18-19-20(21)22-4-2;/h3-19H2,1-2H3;. The molecule has 0 aromatic carbocycles. The first kappa shape index (κ1) is 25.2. The molecule has 0 fully saturated rings. The first-order valence-electron chi connectivity index (χ1n) is 9.96. The van der Waals surface area contributed by atoms with E-state index in [1.807, 2.05) is 6.92 Å². The van der Waals surface area contributed by atoms with Gasteiger partial charge in [-0.2, -0.15) is 0 Å². The summed E-state index contributed by atoms with van der Waals surface area (Å²) in [4.78, 5) is 11.2. The minimum absolute atomic E-state index is 0. The molecule has 1 radical (unpaired) electrons. The van der Waals surface area contributed by atoms with E-state index >= 15 is 0 Å². The van der Waals surface area contributed by atoms with E-state index in [0.717, 1.165) is 6.42 Å². The molecule has 143 valence electrons. The summed E-state index contributed by atoms with van der Waals surface area (Å²) in [6.45, 7) is 4.66. The van der Waals surface area contributed by atoms with Crippen LogP contribution in [0.25, 0.3) is 0 Å². The van der Waals surface area contributed by atoms with Crippen molar-refractivity contribution < 1.29 is 26.6 Å². The molecule has 0 unspecified atom stereocenters. The van der Waals surface area contributed by atoms with Crippen molar-refractivity contribution in [1.82, 2.24) is 0 Å². The maximum atomic E-state index is 11.2. The molecule has 0 aliphatic carbocycles. The Hall–Kier alpha value is -0.0105. The Balaban J connectivity index is 0. The zero-order valence-corrected chi connectivity index (χ0v) is 16.6. The maximum Gasteiger partial charge on any atom is 0.305 e. The molecule has 0 aliphatic heterocycles. The molecule has 0 saturated heterocycles. The third kappa shape index (κ3) is 22.0. The molecule has 0 bridgehead atoms. The fraction of sp³-hybridized carbons (Fsp3) is 0.950. The number of hydrogen-bond donors (Lipinski definition) is 0. The minimum Gasteiger partial charge on any atom is -0.466 e.